The highest BCUT2D eigenvalue weighted by molar-refractivity contribution is 5.89. The van der Waals surface area contributed by atoms with Crippen LogP contribution in [0.1, 0.15) is 44.8 Å². The van der Waals surface area contributed by atoms with Crippen LogP contribution < -0.4 is 0 Å². The number of hydrogen-bond donors (Lipinski definition) is 2. The molecular weight excluding hydrogens is 536 g/mol. The van der Waals surface area contributed by atoms with Crippen molar-refractivity contribution in [3.05, 3.63) is 190 Å². The standard InChI is InChI=1S/C40H26N4/c1-2-8-32(20-14-30-17-23-34(24-18-30)40(37-11-5-27-43-37)38-12-6-28-44-38)31(7-1)19-13-29-15-21-33(22-16-29)39(35-9-3-25-41-35)36-10-4-26-42-36/h1-12,15-18,21-28,41,43H/b39-36-,40-38+. The third-order valence-electron chi connectivity index (χ3n) is 7.31. The van der Waals surface area contributed by atoms with Gasteiger partial charge in [0.2, 0.25) is 0 Å². The van der Waals surface area contributed by atoms with Gasteiger partial charge in [0, 0.05) is 69.6 Å². The largest absolute Gasteiger partial charge is 0.361 e. The minimum atomic E-state index is 0.893. The topological polar surface area (TPSA) is 56.3 Å². The first-order valence-electron chi connectivity index (χ1n) is 14.3. The number of nitrogens with zero attached hydrogens (tertiary/aromatic N) is 2. The van der Waals surface area contributed by atoms with Crippen LogP contribution in [0.25, 0.3) is 11.1 Å². The third-order valence-corrected chi connectivity index (χ3v) is 7.31. The Labute approximate surface area is 256 Å². The van der Waals surface area contributed by atoms with Crippen molar-refractivity contribution in [3.8, 4) is 23.7 Å². The number of aliphatic imine (C=N–C) groups is 2. The predicted octanol–water partition coefficient (Wildman–Crippen LogP) is 7.94. The molecule has 4 heteroatoms. The number of hydrogen-bond acceptors (Lipinski definition) is 2. The van der Waals surface area contributed by atoms with Gasteiger partial charge in [-0.1, -0.05) is 60.1 Å². The maximum absolute atomic E-state index is 4.53. The summed E-state index contributed by atoms with van der Waals surface area (Å²) in [5, 5.41) is 0. The van der Waals surface area contributed by atoms with Gasteiger partial charge in [0.15, 0.2) is 0 Å². The average Bonchev–Trinajstić information content (AvgIpc) is 3.91. The van der Waals surface area contributed by atoms with E-state index in [4.69, 9.17) is 0 Å². The third kappa shape index (κ3) is 5.70. The van der Waals surface area contributed by atoms with Crippen molar-refractivity contribution in [1.82, 2.24) is 9.97 Å². The molecule has 2 aliphatic heterocycles. The summed E-state index contributed by atoms with van der Waals surface area (Å²) in [7, 11) is 0. The van der Waals surface area contributed by atoms with Crippen LogP contribution in [0.15, 0.2) is 155 Å². The second-order valence-corrected chi connectivity index (χ2v) is 10.2. The smallest absolute Gasteiger partial charge is 0.0729 e. The van der Waals surface area contributed by atoms with Gasteiger partial charge in [0.25, 0.3) is 0 Å². The van der Waals surface area contributed by atoms with Crippen LogP contribution in [0.2, 0.25) is 0 Å². The molecule has 7 rings (SSSR count). The zero-order valence-electron chi connectivity index (χ0n) is 23.8. The van der Waals surface area contributed by atoms with Crippen LogP contribution in [0.3, 0.4) is 0 Å². The van der Waals surface area contributed by atoms with Crippen LogP contribution in [0, 0.1) is 23.7 Å². The first-order chi connectivity index (χ1) is 21.8. The minimum Gasteiger partial charge on any atom is -0.361 e. The van der Waals surface area contributed by atoms with E-state index in [-0.39, 0.29) is 0 Å². The number of nitrogens with one attached hydrogen (secondary N) is 2. The van der Waals surface area contributed by atoms with Crippen molar-refractivity contribution < 1.29 is 0 Å². The van der Waals surface area contributed by atoms with E-state index >= 15 is 0 Å². The maximum Gasteiger partial charge on any atom is 0.0729 e. The van der Waals surface area contributed by atoms with Crippen molar-refractivity contribution in [3.63, 3.8) is 0 Å². The summed E-state index contributed by atoms with van der Waals surface area (Å²) in [6.45, 7) is 0. The van der Waals surface area contributed by atoms with Gasteiger partial charge in [-0.25, -0.2) is 0 Å². The molecule has 2 aliphatic rings. The first kappa shape index (κ1) is 26.5. The number of rotatable bonds is 4. The molecule has 0 amide bonds. The number of allylic oxidation sites excluding steroid dienone is 4. The molecule has 3 aromatic carbocycles. The molecule has 0 atom stereocenters. The quantitative estimate of drug-likeness (QED) is 0.209. The Morgan fingerprint density at radius 2 is 0.932 bits per heavy atom. The van der Waals surface area contributed by atoms with E-state index in [1.807, 2.05) is 110 Å². The van der Waals surface area contributed by atoms with Crippen LogP contribution in [0.5, 0.6) is 0 Å². The lowest BCUT2D eigenvalue weighted by atomic mass is 9.99. The predicted molar refractivity (Wildman–Crippen MR) is 180 cm³/mol. The molecule has 2 N–H and O–H groups in total. The SMILES string of the molecule is C(#Cc1ccccc1C#Cc1ccc(/C(=C2/C=CC=N2)c2ccc[nH]2)cc1)c1ccc(/C(=C2\C=CC=N2)c2ccc[nH]2)cc1. The van der Waals surface area contributed by atoms with E-state index in [9.17, 15) is 0 Å². The van der Waals surface area contributed by atoms with Crippen LogP contribution >= 0.6 is 0 Å². The normalized spacial score (nSPS) is 15.1. The molecule has 5 aromatic rings. The summed E-state index contributed by atoms with van der Waals surface area (Å²) in [4.78, 5) is 15.7. The van der Waals surface area contributed by atoms with E-state index in [2.05, 4.69) is 80.0 Å². The van der Waals surface area contributed by atoms with Crippen molar-refractivity contribution in [2.24, 2.45) is 9.98 Å². The van der Waals surface area contributed by atoms with Crippen LogP contribution in [-0.2, 0) is 0 Å². The fourth-order valence-corrected chi connectivity index (χ4v) is 5.17. The van der Waals surface area contributed by atoms with Gasteiger partial charge in [0.05, 0.1) is 11.4 Å². The maximum atomic E-state index is 4.53. The minimum absolute atomic E-state index is 0.893. The molecule has 206 valence electrons. The summed E-state index contributed by atoms with van der Waals surface area (Å²) < 4.78 is 0. The average molecular weight is 563 g/mol. The molecule has 0 saturated heterocycles. The van der Waals surface area contributed by atoms with Gasteiger partial charge in [-0.15, -0.1) is 0 Å². The molecule has 0 spiro atoms. The second-order valence-electron chi connectivity index (χ2n) is 10.2. The van der Waals surface area contributed by atoms with E-state index in [1.165, 1.54) is 0 Å². The highest BCUT2D eigenvalue weighted by Crippen LogP contribution is 2.30. The molecule has 0 saturated carbocycles. The van der Waals surface area contributed by atoms with E-state index < -0.39 is 0 Å². The van der Waals surface area contributed by atoms with Crippen LogP contribution in [-0.4, -0.2) is 22.4 Å². The lowest BCUT2D eigenvalue weighted by Crippen LogP contribution is -1.92. The molecule has 0 fully saturated rings. The van der Waals surface area contributed by atoms with E-state index in [0.717, 1.165) is 67.3 Å². The lowest BCUT2D eigenvalue weighted by Gasteiger charge is -2.08. The van der Waals surface area contributed by atoms with Crippen molar-refractivity contribution in [2.45, 2.75) is 0 Å². The Hall–Kier alpha value is -6.36. The fraction of sp³-hybridized carbons (Fsp3) is 0. The molecule has 0 unspecified atom stereocenters. The molecule has 44 heavy (non-hydrogen) atoms. The molecule has 4 nitrogen and oxygen atoms in total. The van der Waals surface area contributed by atoms with E-state index in [1.54, 1.807) is 0 Å². The summed E-state index contributed by atoms with van der Waals surface area (Å²) in [5.41, 5.74) is 11.9. The van der Waals surface area contributed by atoms with Crippen LogP contribution in [0.4, 0.5) is 0 Å². The molecular formula is C40H26N4. The zero-order valence-corrected chi connectivity index (χ0v) is 23.8. The second kappa shape index (κ2) is 12.2. The highest BCUT2D eigenvalue weighted by atomic mass is 14.8. The Balaban J connectivity index is 1.12. The fourth-order valence-electron chi connectivity index (χ4n) is 5.17. The molecule has 0 radical (unpaired) electrons. The monoisotopic (exact) mass is 562 g/mol. The number of H-pyrrole nitrogens is 2. The molecule has 4 heterocycles. The van der Waals surface area contributed by atoms with Gasteiger partial charge in [0.1, 0.15) is 0 Å². The molecule has 0 aliphatic carbocycles. The van der Waals surface area contributed by atoms with Gasteiger partial charge in [-0.2, -0.15) is 0 Å². The van der Waals surface area contributed by atoms with Crippen molar-refractivity contribution in [2.75, 3.05) is 0 Å². The first-order valence-corrected chi connectivity index (χ1v) is 14.3. The van der Waals surface area contributed by atoms with Gasteiger partial charge < -0.3 is 9.97 Å². The lowest BCUT2D eigenvalue weighted by molar-refractivity contribution is 1.32. The van der Waals surface area contributed by atoms with Gasteiger partial charge >= 0.3 is 0 Å². The molecule has 2 aromatic heterocycles. The number of aromatic nitrogens is 2. The Morgan fingerprint density at radius 1 is 0.477 bits per heavy atom. The van der Waals surface area contributed by atoms with E-state index in [0.29, 0.717) is 0 Å². The number of aromatic amines is 2. The molecule has 0 bridgehead atoms. The van der Waals surface area contributed by atoms with Crippen molar-refractivity contribution >= 4 is 23.6 Å². The number of benzene rings is 3. The van der Waals surface area contributed by atoms with Crippen molar-refractivity contribution in [1.29, 1.82) is 0 Å². The summed E-state index contributed by atoms with van der Waals surface area (Å²) in [6.07, 6.45) is 15.4. The summed E-state index contributed by atoms with van der Waals surface area (Å²) >= 11 is 0. The Kier molecular flexibility index (Phi) is 7.39. The van der Waals surface area contributed by atoms with Gasteiger partial charge in [-0.05, 0) is 96.1 Å². The summed E-state index contributed by atoms with van der Waals surface area (Å²) in [6, 6.07) is 32.7. The Morgan fingerprint density at radius 3 is 1.30 bits per heavy atom. The highest BCUT2D eigenvalue weighted by Gasteiger charge is 2.13. The van der Waals surface area contributed by atoms with Gasteiger partial charge in [-0.3, -0.25) is 9.98 Å². The zero-order chi connectivity index (χ0) is 29.6. The Bertz CT molecular complexity index is 1940. The summed E-state index contributed by atoms with van der Waals surface area (Å²) in [5.74, 6) is 13.3.